The van der Waals surface area contributed by atoms with E-state index >= 15 is 0 Å². The van der Waals surface area contributed by atoms with Crippen molar-refractivity contribution in [2.45, 2.75) is 82.6 Å². The van der Waals surface area contributed by atoms with E-state index in [1.54, 1.807) is 0 Å². The van der Waals surface area contributed by atoms with Crippen LogP contribution in [0, 0.1) is 11.8 Å². The van der Waals surface area contributed by atoms with Crippen LogP contribution in [-0.4, -0.2) is 40.3 Å². The van der Waals surface area contributed by atoms with Crippen LogP contribution in [0.15, 0.2) is 71.3 Å². The fourth-order valence-electron chi connectivity index (χ4n) is 7.40. The van der Waals surface area contributed by atoms with Gasteiger partial charge in [0.15, 0.2) is 11.4 Å². The standard InChI is InChI=1S/C33H43N2O3/c36-33(29-16-10-5-11-17-29,28-14-8-2-1-3-9-15-28)32-34-22-30(38-32)23-35-20-18-27(19-21-35)31(24-35)37-25-26-12-6-4-7-13-26/h4-7,10-13,16-17,22,27-28,31,36H,1-3,8-9,14-15,18-21,23-25H2/q+1/t27?,31-,33?,35?/m0/s1. The lowest BCUT2D eigenvalue weighted by Crippen LogP contribution is -2.63. The molecule has 1 saturated carbocycles. The SMILES string of the molecule is OC(c1ccccc1)(c1ncc(C[N+]23CCC(CC2)[C@@H](OCc2ccccc2)C3)o1)C1CCCCCCC1. The molecule has 1 unspecified atom stereocenters. The Bertz CT molecular complexity index is 1150. The first-order valence-corrected chi connectivity index (χ1v) is 14.9. The number of ether oxygens (including phenoxy) is 1. The summed E-state index contributed by atoms with van der Waals surface area (Å²) in [6, 6.07) is 20.6. The van der Waals surface area contributed by atoms with Gasteiger partial charge in [-0.25, -0.2) is 4.98 Å². The highest BCUT2D eigenvalue weighted by molar-refractivity contribution is 5.30. The molecule has 2 atom stereocenters. The molecule has 3 aliphatic heterocycles. The maximum Gasteiger partial charge on any atom is 0.231 e. The van der Waals surface area contributed by atoms with Crippen molar-refractivity contribution in [1.82, 2.24) is 4.98 Å². The van der Waals surface area contributed by atoms with Gasteiger partial charge in [0.1, 0.15) is 19.2 Å². The number of rotatable bonds is 8. The Morgan fingerprint density at radius 3 is 2.24 bits per heavy atom. The predicted octanol–water partition coefficient (Wildman–Crippen LogP) is 6.60. The van der Waals surface area contributed by atoms with Crippen molar-refractivity contribution in [2.75, 3.05) is 19.6 Å². The second kappa shape index (κ2) is 11.3. The van der Waals surface area contributed by atoms with Crippen LogP contribution in [0.4, 0.5) is 0 Å². The quantitative estimate of drug-likeness (QED) is 0.344. The molecule has 3 aromatic rings. The zero-order valence-electron chi connectivity index (χ0n) is 22.6. The van der Waals surface area contributed by atoms with Gasteiger partial charge in [-0.05, 0) is 24.0 Å². The minimum atomic E-state index is -1.19. The summed E-state index contributed by atoms with van der Waals surface area (Å²) >= 11 is 0. The minimum Gasteiger partial charge on any atom is -0.436 e. The van der Waals surface area contributed by atoms with E-state index in [-0.39, 0.29) is 12.0 Å². The molecule has 1 aromatic heterocycles. The molecule has 1 N–H and O–H groups in total. The average Bonchev–Trinajstić information content (AvgIpc) is 3.41. The molecule has 4 aliphatic rings. The highest BCUT2D eigenvalue weighted by atomic mass is 16.5. The van der Waals surface area contributed by atoms with Gasteiger partial charge in [-0.3, -0.25) is 0 Å². The van der Waals surface area contributed by atoms with Crippen LogP contribution in [0.5, 0.6) is 0 Å². The molecule has 0 amide bonds. The number of aromatic nitrogens is 1. The smallest absolute Gasteiger partial charge is 0.231 e. The lowest BCUT2D eigenvalue weighted by molar-refractivity contribution is -0.959. The lowest BCUT2D eigenvalue weighted by atomic mass is 9.74. The molecular weight excluding hydrogens is 472 g/mol. The van der Waals surface area contributed by atoms with E-state index in [4.69, 9.17) is 14.1 Å². The van der Waals surface area contributed by atoms with E-state index in [9.17, 15) is 5.11 Å². The number of hydrogen-bond acceptors (Lipinski definition) is 4. The summed E-state index contributed by atoms with van der Waals surface area (Å²) in [7, 11) is 0. The van der Waals surface area contributed by atoms with Crippen LogP contribution in [0.2, 0.25) is 0 Å². The fraction of sp³-hybridized carbons (Fsp3) is 0.545. The number of quaternary nitrogens is 1. The first-order valence-electron chi connectivity index (χ1n) is 14.9. The van der Waals surface area contributed by atoms with Crippen molar-refractivity contribution < 1.29 is 18.7 Å². The van der Waals surface area contributed by atoms with Gasteiger partial charge in [-0.15, -0.1) is 0 Å². The fourth-order valence-corrected chi connectivity index (χ4v) is 7.40. The first kappa shape index (κ1) is 25.8. The van der Waals surface area contributed by atoms with Crippen molar-refractivity contribution in [2.24, 2.45) is 11.8 Å². The van der Waals surface area contributed by atoms with E-state index in [0.29, 0.717) is 18.4 Å². The molecule has 2 bridgehead atoms. The number of piperidine rings is 3. The zero-order valence-corrected chi connectivity index (χ0v) is 22.6. The Hall–Kier alpha value is -2.47. The van der Waals surface area contributed by atoms with Gasteiger partial charge < -0.3 is 18.7 Å². The molecule has 7 rings (SSSR count). The third-order valence-corrected chi connectivity index (χ3v) is 9.63. The van der Waals surface area contributed by atoms with Gasteiger partial charge in [0.2, 0.25) is 5.89 Å². The van der Waals surface area contributed by atoms with Crippen molar-refractivity contribution in [1.29, 1.82) is 0 Å². The van der Waals surface area contributed by atoms with Gasteiger partial charge in [-0.1, -0.05) is 92.8 Å². The van der Waals surface area contributed by atoms with E-state index in [1.807, 2.05) is 36.5 Å². The third-order valence-electron chi connectivity index (χ3n) is 9.63. The van der Waals surface area contributed by atoms with Crippen LogP contribution in [0.3, 0.4) is 0 Å². The predicted molar refractivity (Wildman–Crippen MR) is 148 cm³/mol. The third kappa shape index (κ3) is 5.34. The molecule has 1 aliphatic carbocycles. The Balaban J connectivity index is 1.21. The Morgan fingerprint density at radius 2 is 1.53 bits per heavy atom. The van der Waals surface area contributed by atoms with Gasteiger partial charge in [0.05, 0.1) is 25.9 Å². The van der Waals surface area contributed by atoms with E-state index < -0.39 is 5.60 Å². The highest BCUT2D eigenvalue weighted by Gasteiger charge is 2.48. The molecule has 5 heteroatoms. The summed E-state index contributed by atoms with van der Waals surface area (Å²) in [5.74, 6) is 2.14. The van der Waals surface area contributed by atoms with Crippen molar-refractivity contribution >= 4 is 0 Å². The largest absolute Gasteiger partial charge is 0.436 e. The number of fused-ring (bicyclic) bond motifs is 3. The average molecular weight is 516 g/mol. The molecule has 2 aromatic carbocycles. The van der Waals surface area contributed by atoms with E-state index in [0.717, 1.165) is 67.7 Å². The van der Waals surface area contributed by atoms with Gasteiger partial charge in [0, 0.05) is 24.7 Å². The number of nitrogens with zero attached hydrogens (tertiary/aromatic N) is 2. The lowest BCUT2D eigenvalue weighted by Gasteiger charge is -2.52. The summed E-state index contributed by atoms with van der Waals surface area (Å²) < 4.78 is 14.0. The number of hydrogen-bond donors (Lipinski definition) is 1. The zero-order chi connectivity index (χ0) is 25.8. The number of aliphatic hydroxyl groups is 1. The van der Waals surface area contributed by atoms with Crippen LogP contribution < -0.4 is 0 Å². The summed E-state index contributed by atoms with van der Waals surface area (Å²) in [6.07, 6.45) is 12.7. The maximum atomic E-state index is 12.4. The van der Waals surface area contributed by atoms with Crippen molar-refractivity contribution in [3.8, 4) is 0 Å². The molecule has 202 valence electrons. The van der Waals surface area contributed by atoms with Crippen LogP contribution in [0.25, 0.3) is 0 Å². The van der Waals surface area contributed by atoms with Crippen LogP contribution >= 0.6 is 0 Å². The summed E-state index contributed by atoms with van der Waals surface area (Å²) in [6.45, 7) is 4.86. The van der Waals surface area contributed by atoms with Crippen LogP contribution in [0.1, 0.15) is 80.6 Å². The summed E-state index contributed by atoms with van der Waals surface area (Å²) in [5, 5.41) is 12.4. The second-order valence-electron chi connectivity index (χ2n) is 12.1. The molecule has 3 saturated heterocycles. The second-order valence-corrected chi connectivity index (χ2v) is 12.1. The molecule has 0 spiro atoms. The molecular formula is C33H43N2O3+. The molecule has 0 radical (unpaired) electrons. The normalized spacial score (nSPS) is 27.9. The van der Waals surface area contributed by atoms with E-state index in [2.05, 4.69) is 30.3 Å². The Kier molecular flexibility index (Phi) is 7.69. The maximum absolute atomic E-state index is 12.4. The van der Waals surface area contributed by atoms with Gasteiger partial charge in [0.25, 0.3) is 0 Å². The molecule has 5 nitrogen and oxygen atoms in total. The first-order chi connectivity index (χ1) is 18.6. The van der Waals surface area contributed by atoms with E-state index in [1.165, 1.54) is 37.7 Å². The topological polar surface area (TPSA) is 55.5 Å². The minimum absolute atomic E-state index is 0.116. The van der Waals surface area contributed by atoms with Gasteiger partial charge >= 0.3 is 0 Å². The molecule has 38 heavy (non-hydrogen) atoms. The highest BCUT2D eigenvalue weighted by Crippen LogP contribution is 2.43. The summed E-state index contributed by atoms with van der Waals surface area (Å²) in [5.41, 5.74) is 0.955. The molecule has 4 heterocycles. The number of oxazole rings is 1. The molecule has 4 fully saturated rings. The van der Waals surface area contributed by atoms with Gasteiger partial charge in [-0.2, -0.15) is 0 Å². The number of benzene rings is 2. The Morgan fingerprint density at radius 1 is 0.868 bits per heavy atom. The van der Waals surface area contributed by atoms with Crippen molar-refractivity contribution in [3.63, 3.8) is 0 Å². The van der Waals surface area contributed by atoms with Crippen molar-refractivity contribution in [3.05, 3.63) is 89.6 Å². The summed E-state index contributed by atoms with van der Waals surface area (Å²) in [4.78, 5) is 4.77. The monoisotopic (exact) mass is 515 g/mol. The van der Waals surface area contributed by atoms with Crippen LogP contribution in [-0.2, 0) is 23.5 Å². The Labute approximate surface area is 227 Å².